The topological polar surface area (TPSA) is 95.1 Å². The van der Waals surface area contributed by atoms with Gasteiger partial charge in [-0.3, -0.25) is 4.79 Å². The summed E-state index contributed by atoms with van der Waals surface area (Å²) < 4.78 is 30.3. The van der Waals surface area contributed by atoms with Gasteiger partial charge >= 0.3 is 6.61 Å². The first-order valence-electron chi connectivity index (χ1n) is 10.5. The van der Waals surface area contributed by atoms with Crippen LogP contribution in [0.5, 0.6) is 5.75 Å². The number of carbonyl (C=O) groups is 1. The average Bonchev–Trinajstić information content (AvgIpc) is 3.45. The SMILES string of the molecule is CC(Sc1nnc(-c2ccc(OC(F)F)cc2)n1N)C(=O)NC(C)C1CC2CCC1C2. The van der Waals surface area contributed by atoms with Crippen molar-refractivity contribution in [2.45, 2.75) is 62.6 Å². The standard InChI is InChI=1S/C21H27F2N5O2S/c1-11(17-10-13-3-4-15(17)9-13)25-19(29)12(2)31-21-27-26-18(28(21)24)14-5-7-16(8-6-14)30-20(22)23/h5-8,11-13,15,17,20H,3-4,9-10,24H2,1-2H3,(H,25,29). The van der Waals surface area contributed by atoms with Crippen molar-refractivity contribution in [2.24, 2.45) is 17.8 Å². The highest BCUT2D eigenvalue weighted by Crippen LogP contribution is 2.49. The van der Waals surface area contributed by atoms with E-state index in [0.29, 0.717) is 22.5 Å². The fourth-order valence-electron chi connectivity index (χ4n) is 4.91. The Labute approximate surface area is 184 Å². The van der Waals surface area contributed by atoms with Gasteiger partial charge < -0.3 is 15.9 Å². The number of aromatic nitrogens is 3. The highest BCUT2D eigenvalue weighted by atomic mass is 32.2. The first-order valence-corrected chi connectivity index (χ1v) is 11.4. The molecular weight excluding hydrogens is 424 g/mol. The molecule has 10 heteroatoms. The van der Waals surface area contributed by atoms with Gasteiger partial charge in [0, 0.05) is 11.6 Å². The number of ether oxygens (including phenoxy) is 1. The summed E-state index contributed by atoms with van der Waals surface area (Å²) in [6.45, 7) is 1.04. The number of nitrogens with two attached hydrogens (primary N) is 1. The van der Waals surface area contributed by atoms with Crippen LogP contribution in [0.15, 0.2) is 29.4 Å². The van der Waals surface area contributed by atoms with Crippen LogP contribution in [0.1, 0.15) is 39.5 Å². The molecule has 168 valence electrons. The molecule has 0 saturated heterocycles. The summed E-state index contributed by atoms with van der Waals surface area (Å²) in [7, 11) is 0. The van der Waals surface area contributed by atoms with E-state index >= 15 is 0 Å². The summed E-state index contributed by atoms with van der Waals surface area (Å²) in [4.78, 5) is 12.7. The van der Waals surface area contributed by atoms with Crippen LogP contribution in [0, 0.1) is 17.8 Å². The maximum atomic E-state index is 12.7. The van der Waals surface area contributed by atoms with Gasteiger partial charge in [-0.05, 0) is 75.1 Å². The second-order valence-electron chi connectivity index (χ2n) is 8.48. The van der Waals surface area contributed by atoms with Crippen LogP contribution in [0.2, 0.25) is 0 Å². The second-order valence-corrected chi connectivity index (χ2v) is 9.78. The molecule has 2 aromatic rings. The smallest absolute Gasteiger partial charge is 0.387 e. The molecule has 5 atom stereocenters. The highest BCUT2D eigenvalue weighted by molar-refractivity contribution is 8.00. The lowest BCUT2D eigenvalue weighted by atomic mass is 9.84. The van der Waals surface area contributed by atoms with Crippen LogP contribution in [0.25, 0.3) is 11.4 Å². The first-order chi connectivity index (χ1) is 14.8. The molecule has 1 aromatic heterocycles. The third-order valence-corrected chi connectivity index (χ3v) is 7.52. The van der Waals surface area contributed by atoms with Crippen molar-refractivity contribution < 1.29 is 18.3 Å². The van der Waals surface area contributed by atoms with Crippen molar-refractivity contribution >= 4 is 17.7 Å². The molecule has 4 rings (SSSR count). The molecule has 0 spiro atoms. The number of nitrogens with zero attached hydrogens (tertiary/aromatic N) is 3. The number of thioether (sulfide) groups is 1. The zero-order valence-electron chi connectivity index (χ0n) is 17.5. The zero-order valence-corrected chi connectivity index (χ0v) is 18.3. The lowest BCUT2D eigenvalue weighted by Crippen LogP contribution is -2.43. The van der Waals surface area contributed by atoms with Gasteiger partial charge in [0.15, 0.2) is 5.82 Å². The molecule has 3 N–H and O–H groups in total. The summed E-state index contributed by atoms with van der Waals surface area (Å²) in [5.41, 5.74) is 0.602. The average molecular weight is 452 g/mol. The summed E-state index contributed by atoms with van der Waals surface area (Å²) in [5, 5.41) is 11.4. The Kier molecular flexibility index (Phi) is 6.36. The number of nitrogen functional groups attached to an aromatic ring is 1. The monoisotopic (exact) mass is 451 g/mol. The minimum Gasteiger partial charge on any atom is -0.435 e. The molecule has 2 fully saturated rings. The number of hydrogen-bond acceptors (Lipinski definition) is 6. The van der Waals surface area contributed by atoms with Gasteiger partial charge in [0.05, 0.1) is 5.25 Å². The fourth-order valence-corrected chi connectivity index (χ4v) is 5.69. The van der Waals surface area contributed by atoms with Crippen molar-refractivity contribution in [1.82, 2.24) is 20.2 Å². The van der Waals surface area contributed by atoms with Crippen molar-refractivity contribution in [1.29, 1.82) is 0 Å². The predicted octanol–water partition coefficient (Wildman–Crippen LogP) is 3.68. The van der Waals surface area contributed by atoms with Crippen molar-refractivity contribution in [3.05, 3.63) is 24.3 Å². The number of nitrogens with one attached hydrogen (secondary N) is 1. The van der Waals surface area contributed by atoms with E-state index in [9.17, 15) is 13.6 Å². The number of benzene rings is 1. The number of rotatable bonds is 8. The predicted molar refractivity (Wildman–Crippen MR) is 114 cm³/mol. The van der Waals surface area contributed by atoms with Gasteiger partial charge in [0.2, 0.25) is 11.1 Å². The minimum absolute atomic E-state index is 0.0432. The molecule has 0 aliphatic heterocycles. The van der Waals surface area contributed by atoms with Crippen molar-refractivity contribution in [3.8, 4) is 17.1 Å². The number of amides is 1. The van der Waals surface area contributed by atoms with E-state index in [-0.39, 0.29) is 22.9 Å². The Morgan fingerprint density at radius 2 is 1.97 bits per heavy atom. The number of fused-ring (bicyclic) bond motifs is 2. The van der Waals surface area contributed by atoms with E-state index in [0.717, 1.165) is 11.8 Å². The Balaban J connectivity index is 1.36. The molecule has 2 bridgehead atoms. The third kappa shape index (κ3) is 4.78. The highest BCUT2D eigenvalue weighted by Gasteiger charge is 2.42. The van der Waals surface area contributed by atoms with Gasteiger partial charge in [0.1, 0.15) is 5.75 Å². The molecule has 7 nitrogen and oxygen atoms in total. The van der Waals surface area contributed by atoms with Gasteiger partial charge in [-0.2, -0.15) is 8.78 Å². The van der Waals surface area contributed by atoms with Gasteiger partial charge in [0.25, 0.3) is 0 Å². The Hall–Kier alpha value is -2.36. The maximum Gasteiger partial charge on any atom is 0.387 e. The van der Waals surface area contributed by atoms with E-state index < -0.39 is 6.61 Å². The molecule has 31 heavy (non-hydrogen) atoms. The quantitative estimate of drug-likeness (QED) is 0.470. The first kappa shape index (κ1) is 21.9. The normalized spacial score (nSPS) is 24.4. The number of alkyl halides is 2. The van der Waals surface area contributed by atoms with E-state index in [1.54, 1.807) is 12.1 Å². The second kappa shape index (κ2) is 9.02. The van der Waals surface area contributed by atoms with Gasteiger partial charge in [-0.1, -0.05) is 18.2 Å². The molecule has 1 heterocycles. The maximum absolute atomic E-state index is 12.7. The number of hydrogen-bond donors (Lipinski definition) is 2. The Morgan fingerprint density at radius 3 is 2.58 bits per heavy atom. The van der Waals surface area contributed by atoms with Crippen LogP contribution in [0.3, 0.4) is 0 Å². The molecule has 2 saturated carbocycles. The van der Waals surface area contributed by atoms with E-state index in [1.807, 2.05) is 6.92 Å². The Morgan fingerprint density at radius 1 is 1.23 bits per heavy atom. The van der Waals surface area contributed by atoms with Crippen LogP contribution in [0.4, 0.5) is 8.78 Å². The van der Waals surface area contributed by atoms with Crippen LogP contribution >= 0.6 is 11.8 Å². The van der Waals surface area contributed by atoms with E-state index in [2.05, 4.69) is 27.2 Å². The van der Waals surface area contributed by atoms with E-state index in [1.165, 1.54) is 54.3 Å². The number of halogens is 2. The number of carbonyl (C=O) groups excluding carboxylic acids is 1. The minimum atomic E-state index is -2.88. The van der Waals surface area contributed by atoms with E-state index in [4.69, 9.17) is 5.84 Å². The summed E-state index contributed by atoms with van der Waals surface area (Å²) >= 11 is 1.23. The molecular formula is C21H27F2N5O2S. The van der Waals surface area contributed by atoms with Gasteiger partial charge in [-0.25, -0.2) is 4.68 Å². The Bertz CT molecular complexity index is 923. The molecule has 2 aliphatic carbocycles. The summed E-state index contributed by atoms with van der Waals surface area (Å²) in [5.74, 6) is 8.66. The van der Waals surface area contributed by atoms with Crippen molar-refractivity contribution in [2.75, 3.05) is 5.84 Å². The summed E-state index contributed by atoms with van der Waals surface area (Å²) in [6, 6.07) is 6.14. The zero-order chi connectivity index (χ0) is 22.1. The lowest BCUT2D eigenvalue weighted by Gasteiger charge is -2.29. The molecule has 1 aromatic carbocycles. The molecule has 1 amide bonds. The third-order valence-electron chi connectivity index (χ3n) is 6.46. The largest absolute Gasteiger partial charge is 0.435 e. The molecule has 2 aliphatic rings. The lowest BCUT2D eigenvalue weighted by molar-refractivity contribution is -0.121. The fraction of sp³-hybridized carbons (Fsp3) is 0.571. The van der Waals surface area contributed by atoms with Crippen molar-refractivity contribution in [3.63, 3.8) is 0 Å². The van der Waals surface area contributed by atoms with Gasteiger partial charge in [-0.15, -0.1) is 10.2 Å². The summed E-state index contributed by atoms with van der Waals surface area (Å²) in [6.07, 6.45) is 5.15. The molecule has 5 unspecified atom stereocenters. The van der Waals surface area contributed by atoms with Crippen LogP contribution in [-0.2, 0) is 4.79 Å². The van der Waals surface area contributed by atoms with Crippen LogP contribution in [-0.4, -0.2) is 38.7 Å². The molecule has 0 radical (unpaired) electrons. The van der Waals surface area contributed by atoms with Crippen LogP contribution < -0.4 is 15.9 Å².